The summed E-state index contributed by atoms with van der Waals surface area (Å²) in [5.74, 6) is -1.15. The number of thiophene rings is 1. The number of nitrogens with two attached hydrogens (primary N) is 1. The van der Waals surface area contributed by atoms with Gasteiger partial charge in [0.1, 0.15) is 5.56 Å². The molecule has 22 heavy (non-hydrogen) atoms. The maximum Gasteiger partial charge on any atom is 0.261 e. The maximum atomic E-state index is 12.3. The van der Waals surface area contributed by atoms with Crippen LogP contribution in [0, 0.1) is 0 Å². The summed E-state index contributed by atoms with van der Waals surface area (Å²) in [6.45, 7) is 0. The van der Waals surface area contributed by atoms with Crippen LogP contribution in [0.5, 0.6) is 0 Å². The Morgan fingerprint density at radius 3 is 2.68 bits per heavy atom. The van der Waals surface area contributed by atoms with Crippen LogP contribution in [0.4, 0.5) is 5.69 Å². The highest BCUT2D eigenvalue weighted by atomic mass is 32.1. The number of pyridine rings is 1. The zero-order valence-electron chi connectivity index (χ0n) is 11.3. The van der Waals surface area contributed by atoms with E-state index in [-0.39, 0.29) is 11.5 Å². The van der Waals surface area contributed by atoms with Crippen molar-refractivity contribution in [1.82, 2.24) is 4.98 Å². The molecule has 4 N–H and O–H groups in total. The van der Waals surface area contributed by atoms with Crippen molar-refractivity contribution in [1.29, 1.82) is 0 Å². The second-order valence-corrected chi connectivity index (χ2v) is 5.39. The summed E-state index contributed by atoms with van der Waals surface area (Å²) in [6.07, 6.45) is 0. The van der Waals surface area contributed by atoms with Crippen molar-refractivity contribution < 1.29 is 9.59 Å². The Bertz CT molecular complexity index is 929. The fraction of sp³-hybridized carbons (Fsp3) is 0. The largest absolute Gasteiger partial charge is 0.365 e. The number of amides is 2. The minimum absolute atomic E-state index is 0.136. The molecule has 2 heterocycles. The third-order valence-corrected chi connectivity index (χ3v) is 3.85. The Balaban J connectivity index is 2.10. The number of rotatable bonds is 3. The molecule has 2 aromatic heterocycles. The van der Waals surface area contributed by atoms with Gasteiger partial charge in [0.05, 0.1) is 16.8 Å². The van der Waals surface area contributed by atoms with Gasteiger partial charge in [-0.3, -0.25) is 14.4 Å². The summed E-state index contributed by atoms with van der Waals surface area (Å²) in [7, 11) is 0. The third-order valence-electron chi connectivity index (χ3n) is 3.17. The lowest BCUT2D eigenvalue weighted by Gasteiger charge is -2.07. The molecule has 0 aliphatic heterocycles. The predicted octanol–water partition coefficient (Wildman–Crippen LogP) is 1.94. The number of hydrogen-bond acceptors (Lipinski definition) is 4. The summed E-state index contributed by atoms with van der Waals surface area (Å²) >= 11 is 1.46. The monoisotopic (exact) mass is 313 g/mol. The number of aromatic amines is 1. The number of hydrogen-bond donors (Lipinski definition) is 3. The molecule has 3 rings (SSSR count). The molecular weight excluding hydrogens is 302 g/mol. The topological polar surface area (TPSA) is 105 Å². The fourth-order valence-electron chi connectivity index (χ4n) is 2.14. The standard InChI is InChI=1S/C15H11N3O3S/c16-13(19)11-6-8-2-1-3-10(12(8)18-15(11)21)14(20)17-9-4-5-22-7-9/h1-7H,(H2,16,19)(H,17,20)(H,18,21). The normalized spacial score (nSPS) is 10.5. The van der Waals surface area contributed by atoms with E-state index in [0.717, 1.165) is 0 Å². The number of nitrogens with one attached hydrogen (secondary N) is 2. The molecule has 7 heteroatoms. The third kappa shape index (κ3) is 2.49. The van der Waals surface area contributed by atoms with Crippen LogP contribution in [0.2, 0.25) is 0 Å². The number of para-hydroxylation sites is 1. The van der Waals surface area contributed by atoms with Gasteiger partial charge in [-0.2, -0.15) is 11.3 Å². The van der Waals surface area contributed by atoms with Gasteiger partial charge in [-0.1, -0.05) is 12.1 Å². The van der Waals surface area contributed by atoms with E-state index in [1.54, 1.807) is 29.6 Å². The highest BCUT2D eigenvalue weighted by molar-refractivity contribution is 7.08. The molecule has 0 fully saturated rings. The predicted molar refractivity (Wildman–Crippen MR) is 85.4 cm³/mol. The number of carbonyl (C=O) groups is 2. The number of benzene rings is 1. The molecule has 6 nitrogen and oxygen atoms in total. The first kappa shape index (κ1) is 14.0. The van der Waals surface area contributed by atoms with Crippen LogP contribution in [0.25, 0.3) is 10.9 Å². The lowest BCUT2D eigenvalue weighted by molar-refractivity contribution is 0.0997. The van der Waals surface area contributed by atoms with Crippen molar-refractivity contribution >= 4 is 39.7 Å². The van der Waals surface area contributed by atoms with Crippen molar-refractivity contribution in [3.8, 4) is 0 Å². The van der Waals surface area contributed by atoms with E-state index in [1.165, 1.54) is 17.4 Å². The van der Waals surface area contributed by atoms with Crippen molar-refractivity contribution in [2.75, 3.05) is 5.32 Å². The molecule has 3 aromatic rings. The first-order chi connectivity index (χ1) is 10.6. The van der Waals surface area contributed by atoms with Crippen molar-refractivity contribution in [2.45, 2.75) is 0 Å². The second kappa shape index (κ2) is 5.45. The SMILES string of the molecule is NC(=O)c1cc2cccc(C(=O)Nc3ccsc3)c2[nH]c1=O. The summed E-state index contributed by atoms with van der Waals surface area (Å²) < 4.78 is 0. The van der Waals surface area contributed by atoms with Gasteiger partial charge in [0.25, 0.3) is 17.4 Å². The van der Waals surface area contributed by atoms with Gasteiger partial charge in [0, 0.05) is 5.38 Å². The number of fused-ring (bicyclic) bond motifs is 1. The highest BCUT2D eigenvalue weighted by Crippen LogP contribution is 2.19. The van der Waals surface area contributed by atoms with E-state index in [4.69, 9.17) is 5.73 Å². The summed E-state index contributed by atoms with van der Waals surface area (Å²) in [4.78, 5) is 38.0. The average Bonchev–Trinajstić information content (AvgIpc) is 2.98. The Hall–Kier alpha value is -2.93. The Morgan fingerprint density at radius 2 is 2.00 bits per heavy atom. The molecule has 0 unspecified atom stereocenters. The van der Waals surface area contributed by atoms with Gasteiger partial charge in [-0.15, -0.1) is 0 Å². The van der Waals surface area contributed by atoms with Gasteiger partial charge in [-0.05, 0) is 29.0 Å². The first-order valence-electron chi connectivity index (χ1n) is 6.35. The molecule has 0 spiro atoms. The fourth-order valence-corrected chi connectivity index (χ4v) is 2.73. The van der Waals surface area contributed by atoms with Gasteiger partial charge in [-0.25, -0.2) is 0 Å². The van der Waals surface area contributed by atoms with Crippen LogP contribution < -0.4 is 16.6 Å². The summed E-state index contributed by atoms with van der Waals surface area (Å²) in [5, 5.41) is 6.96. The molecule has 0 radical (unpaired) electrons. The molecule has 110 valence electrons. The van der Waals surface area contributed by atoms with E-state index in [9.17, 15) is 14.4 Å². The van der Waals surface area contributed by atoms with E-state index in [2.05, 4.69) is 10.3 Å². The molecular formula is C15H11N3O3S. The zero-order valence-corrected chi connectivity index (χ0v) is 12.1. The number of anilines is 1. The van der Waals surface area contributed by atoms with Crippen molar-refractivity contribution in [3.05, 3.63) is 62.6 Å². The molecule has 1 aromatic carbocycles. The molecule has 0 saturated carbocycles. The van der Waals surface area contributed by atoms with Crippen LogP contribution in [-0.2, 0) is 0 Å². The Morgan fingerprint density at radius 1 is 1.18 bits per heavy atom. The lowest BCUT2D eigenvalue weighted by atomic mass is 10.1. The van der Waals surface area contributed by atoms with Gasteiger partial charge < -0.3 is 16.0 Å². The zero-order chi connectivity index (χ0) is 15.7. The molecule has 0 saturated heterocycles. The van der Waals surface area contributed by atoms with Crippen molar-refractivity contribution in [2.24, 2.45) is 5.73 Å². The molecule has 0 aliphatic carbocycles. The van der Waals surface area contributed by atoms with Crippen molar-refractivity contribution in [3.63, 3.8) is 0 Å². The van der Waals surface area contributed by atoms with Crippen LogP contribution in [-0.4, -0.2) is 16.8 Å². The minimum atomic E-state index is -0.809. The van der Waals surface area contributed by atoms with Crippen LogP contribution >= 0.6 is 11.3 Å². The van der Waals surface area contributed by atoms with Crippen LogP contribution in [0.1, 0.15) is 20.7 Å². The Kier molecular flexibility index (Phi) is 3.48. The molecule has 2 amide bonds. The highest BCUT2D eigenvalue weighted by Gasteiger charge is 2.14. The van der Waals surface area contributed by atoms with Crippen LogP contribution in [0.3, 0.4) is 0 Å². The molecule has 0 bridgehead atoms. The van der Waals surface area contributed by atoms with Crippen LogP contribution in [0.15, 0.2) is 45.9 Å². The van der Waals surface area contributed by atoms with E-state index < -0.39 is 11.5 Å². The molecule has 0 atom stereocenters. The lowest BCUT2D eigenvalue weighted by Crippen LogP contribution is -2.24. The van der Waals surface area contributed by atoms with Gasteiger partial charge in [0.2, 0.25) is 0 Å². The second-order valence-electron chi connectivity index (χ2n) is 4.61. The first-order valence-corrected chi connectivity index (χ1v) is 7.30. The number of H-pyrrole nitrogens is 1. The van der Waals surface area contributed by atoms with Gasteiger partial charge in [0.15, 0.2) is 0 Å². The summed E-state index contributed by atoms with van der Waals surface area (Å²) in [6, 6.07) is 8.14. The quantitative estimate of drug-likeness (QED) is 0.688. The summed E-state index contributed by atoms with van der Waals surface area (Å²) in [5.41, 5.74) is 5.77. The maximum absolute atomic E-state index is 12.3. The smallest absolute Gasteiger partial charge is 0.261 e. The number of primary amides is 1. The minimum Gasteiger partial charge on any atom is -0.365 e. The molecule has 0 aliphatic rings. The average molecular weight is 313 g/mol. The van der Waals surface area contributed by atoms with E-state index in [0.29, 0.717) is 22.2 Å². The number of carbonyl (C=O) groups excluding carboxylic acids is 2. The van der Waals surface area contributed by atoms with E-state index >= 15 is 0 Å². The van der Waals surface area contributed by atoms with E-state index in [1.807, 2.05) is 5.38 Å². The van der Waals surface area contributed by atoms with Gasteiger partial charge >= 0.3 is 0 Å². The Labute approximate surface area is 128 Å². The number of aromatic nitrogens is 1.